The van der Waals surface area contributed by atoms with Gasteiger partial charge in [-0.25, -0.2) is 0 Å². The van der Waals surface area contributed by atoms with Crippen molar-refractivity contribution in [3.63, 3.8) is 0 Å². The third kappa shape index (κ3) is 3.03. The minimum absolute atomic E-state index is 0.117. The van der Waals surface area contributed by atoms with Crippen LogP contribution in [0.1, 0.15) is 44.3 Å². The number of amides is 1. The van der Waals surface area contributed by atoms with Crippen molar-refractivity contribution in [1.82, 2.24) is 10.6 Å². The second-order valence-corrected chi connectivity index (χ2v) is 7.20. The van der Waals surface area contributed by atoms with Crippen LogP contribution in [0.2, 0.25) is 0 Å². The van der Waals surface area contributed by atoms with E-state index in [9.17, 15) is 9.90 Å². The summed E-state index contributed by atoms with van der Waals surface area (Å²) in [5, 5.41) is 17.0. The van der Waals surface area contributed by atoms with E-state index in [1.807, 2.05) is 37.3 Å². The summed E-state index contributed by atoms with van der Waals surface area (Å²) in [7, 11) is 0. The van der Waals surface area contributed by atoms with Crippen molar-refractivity contribution < 1.29 is 9.90 Å². The molecule has 1 saturated carbocycles. The molecule has 1 aliphatic carbocycles. The summed E-state index contributed by atoms with van der Waals surface area (Å²) < 4.78 is 0. The monoisotopic (exact) mass is 302 g/mol. The van der Waals surface area contributed by atoms with Crippen molar-refractivity contribution in [3.05, 3.63) is 35.9 Å². The van der Waals surface area contributed by atoms with Crippen LogP contribution >= 0.6 is 0 Å². The molecule has 0 spiro atoms. The molecule has 0 radical (unpaired) electrons. The largest absolute Gasteiger partial charge is 0.388 e. The second kappa shape index (κ2) is 6.01. The summed E-state index contributed by atoms with van der Waals surface area (Å²) in [5.41, 5.74) is 0.460. The third-order valence-corrected chi connectivity index (χ3v) is 5.33. The molecule has 2 unspecified atom stereocenters. The third-order valence-electron chi connectivity index (χ3n) is 5.33. The SMILES string of the molecule is CC1(C(=O)NCC2(C(O)c3ccccc3)CC2)CCCNC1. The molecule has 3 N–H and O–H groups in total. The lowest BCUT2D eigenvalue weighted by Gasteiger charge is -2.33. The lowest BCUT2D eigenvalue weighted by molar-refractivity contribution is -0.131. The number of benzene rings is 1. The number of hydrogen-bond acceptors (Lipinski definition) is 3. The fraction of sp³-hybridized carbons (Fsp3) is 0.611. The van der Waals surface area contributed by atoms with Gasteiger partial charge in [0.15, 0.2) is 0 Å². The lowest BCUT2D eigenvalue weighted by Crippen LogP contribution is -2.50. The van der Waals surface area contributed by atoms with Gasteiger partial charge in [0.2, 0.25) is 5.91 Å². The average Bonchev–Trinajstić information content (AvgIpc) is 3.34. The van der Waals surface area contributed by atoms with Gasteiger partial charge in [-0.2, -0.15) is 0 Å². The van der Waals surface area contributed by atoms with E-state index in [4.69, 9.17) is 0 Å². The minimum atomic E-state index is -0.494. The first-order chi connectivity index (χ1) is 10.6. The van der Waals surface area contributed by atoms with E-state index >= 15 is 0 Å². The van der Waals surface area contributed by atoms with Gasteiger partial charge in [0.25, 0.3) is 0 Å². The Kier molecular flexibility index (Phi) is 4.24. The standard InChI is InChI=1S/C18H26N2O2/c1-17(8-5-11-19-12-17)16(22)20-13-18(9-10-18)15(21)14-6-3-2-4-7-14/h2-4,6-7,15,19,21H,5,8-13H2,1H3,(H,20,22). The molecule has 1 heterocycles. The fourth-order valence-corrected chi connectivity index (χ4v) is 3.42. The number of rotatable bonds is 5. The van der Waals surface area contributed by atoms with Gasteiger partial charge in [0.05, 0.1) is 11.5 Å². The quantitative estimate of drug-likeness (QED) is 0.780. The number of carbonyl (C=O) groups excluding carboxylic acids is 1. The zero-order valence-corrected chi connectivity index (χ0v) is 13.3. The van der Waals surface area contributed by atoms with E-state index < -0.39 is 6.10 Å². The van der Waals surface area contributed by atoms with Crippen molar-refractivity contribution in [2.24, 2.45) is 10.8 Å². The first-order valence-corrected chi connectivity index (χ1v) is 8.28. The smallest absolute Gasteiger partial charge is 0.227 e. The normalized spacial score (nSPS) is 27.9. The van der Waals surface area contributed by atoms with E-state index in [-0.39, 0.29) is 16.7 Å². The Morgan fingerprint density at radius 3 is 2.64 bits per heavy atom. The Bertz CT molecular complexity index is 519. The summed E-state index contributed by atoms with van der Waals surface area (Å²) in [6.07, 6.45) is 3.42. The molecule has 120 valence electrons. The van der Waals surface area contributed by atoms with Gasteiger partial charge in [0.1, 0.15) is 0 Å². The Balaban J connectivity index is 1.60. The van der Waals surface area contributed by atoms with Crippen molar-refractivity contribution in [2.75, 3.05) is 19.6 Å². The molecule has 1 aromatic rings. The summed E-state index contributed by atoms with van der Waals surface area (Å²) in [6.45, 7) is 4.34. The van der Waals surface area contributed by atoms with Gasteiger partial charge in [0, 0.05) is 18.5 Å². The summed E-state index contributed by atoms with van der Waals surface area (Å²) >= 11 is 0. The van der Waals surface area contributed by atoms with Crippen molar-refractivity contribution in [2.45, 2.75) is 38.7 Å². The number of nitrogens with one attached hydrogen (secondary N) is 2. The molecule has 4 heteroatoms. The number of hydrogen-bond donors (Lipinski definition) is 3. The first kappa shape index (κ1) is 15.5. The molecule has 2 atom stereocenters. The van der Waals surface area contributed by atoms with E-state index in [2.05, 4.69) is 10.6 Å². The number of aliphatic hydroxyl groups excluding tert-OH is 1. The molecule has 1 aliphatic heterocycles. The van der Waals surface area contributed by atoms with Crippen LogP contribution in [0.15, 0.2) is 30.3 Å². The Morgan fingerprint density at radius 2 is 2.05 bits per heavy atom. The Morgan fingerprint density at radius 1 is 1.32 bits per heavy atom. The maximum Gasteiger partial charge on any atom is 0.227 e. The number of aliphatic hydroxyl groups is 1. The fourth-order valence-electron chi connectivity index (χ4n) is 3.42. The highest BCUT2D eigenvalue weighted by Crippen LogP contribution is 2.54. The van der Waals surface area contributed by atoms with Gasteiger partial charge >= 0.3 is 0 Å². The van der Waals surface area contributed by atoms with Crippen molar-refractivity contribution >= 4 is 5.91 Å². The Hall–Kier alpha value is -1.39. The average molecular weight is 302 g/mol. The molecule has 1 aromatic carbocycles. The summed E-state index contributed by atoms with van der Waals surface area (Å²) in [6, 6.07) is 9.76. The molecule has 4 nitrogen and oxygen atoms in total. The molecular weight excluding hydrogens is 276 g/mol. The topological polar surface area (TPSA) is 61.4 Å². The predicted octanol–water partition coefficient (Wildman–Crippen LogP) is 2.01. The van der Waals surface area contributed by atoms with Crippen LogP contribution in [0.25, 0.3) is 0 Å². The minimum Gasteiger partial charge on any atom is -0.388 e. The summed E-state index contributed by atoms with van der Waals surface area (Å²) in [4.78, 5) is 12.5. The molecule has 22 heavy (non-hydrogen) atoms. The highest BCUT2D eigenvalue weighted by Gasteiger charge is 2.50. The maximum absolute atomic E-state index is 12.5. The van der Waals surface area contributed by atoms with Crippen molar-refractivity contribution in [1.29, 1.82) is 0 Å². The van der Waals surface area contributed by atoms with Gasteiger partial charge in [-0.3, -0.25) is 4.79 Å². The Labute approximate surface area is 132 Å². The molecule has 1 amide bonds. The zero-order chi connectivity index (χ0) is 15.6. The van der Waals surface area contributed by atoms with E-state index in [0.29, 0.717) is 6.54 Å². The van der Waals surface area contributed by atoms with E-state index in [1.54, 1.807) is 0 Å². The molecule has 2 aliphatic rings. The lowest BCUT2D eigenvalue weighted by atomic mass is 9.81. The summed E-state index contributed by atoms with van der Waals surface area (Å²) in [5.74, 6) is 0.117. The zero-order valence-electron chi connectivity index (χ0n) is 13.3. The molecule has 0 bridgehead atoms. The van der Waals surface area contributed by atoms with Crippen LogP contribution in [0.3, 0.4) is 0 Å². The van der Waals surface area contributed by atoms with Gasteiger partial charge < -0.3 is 15.7 Å². The van der Waals surface area contributed by atoms with Crippen LogP contribution in [-0.4, -0.2) is 30.6 Å². The number of piperidine rings is 1. The van der Waals surface area contributed by atoms with Gasteiger partial charge in [-0.1, -0.05) is 30.3 Å². The molecule has 2 fully saturated rings. The second-order valence-electron chi connectivity index (χ2n) is 7.20. The highest BCUT2D eigenvalue weighted by molar-refractivity contribution is 5.82. The molecule has 0 aromatic heterocycles. The maximum atomic E-state index is 12.5. The van der Waals surface area contributed by atoms with Crippen LogP contribution in [0.4, 0.5) is 0 Å². The van der Waals surface area contributed by atoms with Crippen molar-refractivity contribution in [3.8, 4) is 0 Å². The molecule has 3 rings (SSSR count). The van der Waals surface area contributed by atoms with Crippen LogP contribution in [0.5, 0.6) is 0 Å². The molecular formula is C18H26N2O2. The first-order valence-electron chi connectivity index (χ1n) is 8.28. The van der Waals surface area contributed by atoms with E-state index in [0.717, 1.165) is 44.3 Å². The van der Waals surface area contributed by atoms with E-state index in [1.165, 1.54) is 0 Å². The van der Waals surface area contributed by atoms with Crippen LogP contribution in [-0.2, 0) is 4.79 Å². The molecule has 1 saturated heterocycles. The highest BCUT2D eigenvalue weighted by atomic mass is 16.3. The predicted molar refractivity (Wildman–Crippen MR) is 86.3 cm³/mol. The van der Waals surface area contributed by atoms with Crippen LogP contribution < -0.4 is 10.6 Å². The van der Waals surface area contributed by atoms with Crippen LogP contribution in [0, 0.1) is 10.8 Å². The number of carbonyl (C=O) groups is 1. The van der Waals surface area contributed by atoms with Gasteiger partial charge in [-0.15, -0.1) is 0 Å². The van der Waals surface area contributed by atoms with Gasteiger partial charge in [-0.05, 0) is 44.7 Å².